The molecule has 3 heterocycles. The standard InChI is InChI=1S/C27H19BrF3N5O2/c1-36-24-14-32-11-10-23(24)35-25(36)15-33-26(37)21-13-18(34-22-9-5-17(28)12-20(21)22)6-2-16-3-7-19(8-4-16)38-27(29,30)31/h2-14H,15H2,1H3,(H,33,37)/b6-2+. The summed E-state index contributed by atoms with van der Waals surface area (Å²) in [5.41, 5.74) is 3.83. The van der Waals surface area contributed by atoms with Crippen LogP contribution in [0.5, 0.6) is 5.75 Å². The quantitative estimate of drug-likeness (QED) is 0.255. The Labute approximate surface area is 223 Å². The molecular weight excluding hydrogens is 563 g/mol. The van der Waals surface area contributed by atoms with Gasteiger partial charge >= 0.3 is 6.36 Å². The van der Waals surface area contributed by atoms with Crippen LogP contribution in [0.25, 0.3) is 34.1 Å². The van der Waals surface area contributed by atoms with Gasteiger partial charge in [0.15, 0.2) is 0 Å². The molecule has 192 valence electrons. The molecule has 1 amide bonds. The SMILES string of the molecule is Cn1c(CNC(=O)c2cc(/C=C/c3ccc(OC(F)(F)F)cc3)nc3ccc(Br)cc23)nc2ccncc21. The van der Waals surface area contributed by atoms with Crippen LogP contribution in [0.15, 0.2) is 71.5 Å². The van der Waals surface area contributed by atoms with Gasteiger partial charge in [0.05, 0.1) is 40.5 Å². The summed E-state index contributed by atoms with van der Waals surface area (Å²) in [7, 11) is 1.86. The number of carbonyl (C=O) groups excluding carboxylic acids is 1. The minimum absolute atomic E-state index is 0.208. The number of pyridine rings is 2. The Morgan fingerprint density at radius 1 is 1.05 bits per heavy atom. The number of carbonyl (C=O) groups is 1. The zero-order valence-electron chi connectivity index (χ0n) is 19.8. The molecule has 0 bridgehead atoms. The number of nitrogens with zero attached hydrogens (tertiary/aromatic N) is 4. The monoisotopic (exact) mass is 581 g/mol. The van der Waals surface area contributed by atoms with Crippen molar-refractivity contribution >= 4 is 55.9 Å². The number of rotatable bonds is 6. The molecule has 38 heavy (non-hydrogen) atoms. The van der Waals surface area contributed by atoms with E-state index in [0.29, 0.717) is 33.5 Å². The average Bonchev–Trinajstić information content (AvgIpc) is 3.21. The number of imidazole rings is 1. The first-order valence-corrected chi connectivity index (χ1v) is 12.1. The molecule has 0 saturated carbocycles. The Balaban J connectivity index is 1.40. The van der Waals surface area contributed by atoms with E-state index in [2.05, 4.69) is 40.9 Å². The first kappa shape index (κ1) is 25.4. The summed E-state index contributed by atoms with van der Waals surface area (Å²) in [5, 5.41) is 3.60. The third-order valence-corrected chi connectivity index (χ3v) is 6.27. The summed E-state index contributed by atoms with van der Waals surface area (Å²) in [6.45, 7) is 0.208. The minimum atomic E-state index is -4.75. The summed E-state index contributed by atoms with van der Waals surface area (Å²) in [4.78, 5) is 26.6. The fraction of sp³-hybridized carbons (Fsp3) is 0.111. The zero-order valence-corrected chi connectivity index (χ0v) is 21.4. The largest absolute Gasteiger partial charge is 0.573 e. The lowest BCUT2D eigenvalue weighted by Crippen LogP contribution is -2.25. The molecule has 7 nitrogen and oxygen atoms in total. The van der Waals surface area contributed by atoms with Crippen LogP contribution >= 0.6 is 15.9 Å². The van der Waals surface area contributed by atoms with E-state index in [1.165, 1.54) is 24.3 Å². The van der Waals surface area contributed by atoms with Gasteiger partial charge in [0.2, 0.25) is 0 Å². The molecule has 3 aromatic heterocycles. The lowest BCUT2D eigenvalue weighted by Gasteiger charge is -2.10. The van der Waals surface area contributed by atoms with Gasteiger partial charge in [0, 0.05) is 23.1 Å². The summed E-state index contributed by atoms with van der Waals surface area (Å²) < 4.78 is 43.8. The van der Waals surface area contributed by atoms with Crippen molar-refractivity contribution in [3.63, 3.8) is 0 Å². The van der Waals surface area contributed by atoms with Crippen LogP contribution in [0.2, 0.25) is 0 Å². The zero-order chi connectivity index (χ0) is 26.9. The molecule has 0 atom stereocenters. The van der Waals surface area contributed by atoms with Gasteiger partial charge in [0.25, 0.3) is 5.91 Å². The first-order chi connectivity index (χ1) is 18.2. The van der Waals surface area contributed by atoms with E-state index in [0.717, 1.165) is 15.5 Å². The van der Waals surface area contributed by atoms with Crippen LogP contribution in [0.3, 0.4) is 0 Å². The number of hydrogen-bond acceptors (Lipinski definition) is 5. The number of aromatic nitrogens is 4. The molecule has 0 spiro atoms. The lowest BCUT2D eigenvalue weighted by atomic mass is 10.1. The van der Waals surface area contributed by atoms with Crippen LogP contribution < -0.4 is 10.1 Å². The van der Waals surface area contributed by atoms with E-state index < -0.39 is 6.36 Å². The molecule has 11 heteroatoms. The van der Waals surface area contributed by atoms with E-state index >= 15 is 0 Å². The number of ether oxygens (including phenoxy) is 1. The predicted octanol–water partition coefficient (Wildman–Crippen LogP) is 6.28. The maximum atomic E-state index is 13.3. The summed E-state index contributed by atoms with van der Waals surface area (Å²) in [6, 6.07) is 14.4. The maximum absolute atomic E-state index is 13.3. The second-order valence-electron chi connectivity index (χ2n) is 8.34. The molecule has 1 N–H and O–H groups in total. The van der Waals surface area contributed by atoms with Crippen molar-refractivity contribution in [1.29, 1.82) is 0 Å². The molecule has 5 aromatic rings. The van der Waals surface area contributed by atoms with Gasteiger partial charge in [0.1, 0.15) is 11.6 Å². The highest BCUT2D eigenvalue weighted by molar-refractivity contribution is 9.10. The summed E-state index contributed by atoms with van der Waals surface area (Å²) in [5.74, 6) is 0.0721. The number of halogens is 4. The lowest BCUT2D eigenvalue weighted by molar-refractivity contribution is -0.274. The van der Waals surface area contributed by atoms with Gasteiger partial charge in [-0.15, -0.1) is 13.2 Å². The Morgan fingerprint density at radius 2 is 1.84 bits per heavy atom. The van der Waals surface area contributed by atoms with Gasteiger partial charge in [-0.2, -0.15) is 0 Å². The minimum Gasteiger partial charge on any atom is -0.406 e. The third kappa shape index (κ3) is 5.67. The topological polar surface area (TPSA) is 81.9 Å². The number of amides is 1. The molecule has 5 rings (SSSR count). The fourth-order valence-corrected chi connectivity index (χ4v) is 4.31. The maximum Gasteiger partial charge on any atom is 0.573 e. The Morgan fingerprint density at radius 3 is 2.58 bits per heavy atom. The first-order valence-electron chi connectivity index (χ1n) is 11.3. The highest BCUT2D eigenvalue weighted by Gasteiger charge is 2.30. The molecule has 2 aromatic carbocycles. The van der Waals surface area contributed by atoms with Crippen molar-refractivity contribution in [1.82, 2.24) is 24.8 Å². The van der Waals surface area contributed by atoms with Crippen LogP contribution in [0.1, 0.15) is 27.4 Å². The van der Waals surface area contributed by atoms with Gasteiger partial charge in [-0.05, 0) is 54.1 Å². The number of alkyl halides is 3. The van der Waals surface area contributed by atoms with Crippen molar-refractivity contribution in [2.45, 2.75) is 12.9 Å². The van der Waals surface area contributed by atoms with Gasteiger partial charge in [-0.3, -0.25) is 9.78 Å². The normalized spacial score (nSPS) is 11.9. The number of hydrogen-bond donors (Lipinski definition) is 1. The molecule has 0 radical (unpaired) electrons. The van der Waals surface area contributed by atoms with E-state index in [1.54, 1.807) is 36.7 Å². The van der Waals surface area contributed by atoms with Gasteiger partial charge in [-0.1, -0.05) is 34.1 Å². The molecule has 0 saturated heterocycles. The van der Waals surface area contributed by atoms with Crippen molar-refractivity contribution in [3.8, 4) is 5.75 Å². The third-order valence-electron chi connectivity index (χ3n) is 5.78. The Bertz CT molecular complexity index is 1680. The average molecular weight is 582 g/mol. The number of aryl methyl sites for hydroxylation is 1. The predicted molar refractivity (Wildman–Crippen MR) is 141 cm³/mol. The number of benzene rings is 2. The van der Waals surface area contributed by atoms with Crippen molar-refractivity contribution < 1.29 is 22.7 Å². The van der Waals surface area contributed by atoms with Crippen LogP contribution in [0.4, 0.5) is 13.2 Å². The highest BCUT2D eigenvalue weighted by Crippen LogP contribution is 2.25. The van der Waals surface area contributed by atoms with Gasteiger partial charge < -0.3 is 14.6 Å². The second kappa shape index (κ2) is 10.3. The van der Waals surface area contributed by atoms with Crippen LogP contribution in [-0.4, -0.2) is 31.8 Å². The number of nitrogens with one attached hydrogen (secondary N) is 1. The molecule has 0 aliphatic rings. The summed E-state index contributed by atoms with van der Waals surface area (Å²) in [6.07, 6.45) is 2.02. The van der Waals surface area contributed by atoms with E-state index in [4.69, 9.17) is 0 Å². The highest BCUT2D eigenvalue weighted by atomic mass is 79.9. The van der Waals surface area contributed by atoms with Crippen LogP contribution in [0, 0.1) is 0 Å². The van der Waals surface area contributed by atoms with E-state index in [9.17, 15) is 18.0 Å². The number of fused-ring (bicyclic) bond motifs is 2. The Hall–Kier alpha value is -4.25. The molecule has 0 aliphatic carbocycles. The van der Waals surface area contributed by atoms with Gasteiger partial charge in [-0.25, -0.2) is 9.97 Å². The molecule has 0 fully saturated rings. The second-order valence-corrected chi connectivity index (χ2v) is 9.26. The smallest absolute Gasteiger partial charge is 0.406 e. The van der Waals surface area contributed by atoms with Crippen molar-refractivity contribution in [2.24, 2.45) is 7.05 Å². The van der Waals surface area contributed by atoms with Crippen molar-refractivity contribution in [2.75, 3.05) is 0 Å². The fourth-order valence-electron chi connectivity index (χ4n) is 3.95. The van der Waals surface area contributed by atoms with Crippen molar-refractivity contribution in [3.05, 3.63) is 94.1 Å². The summed E-state index contributed by atoms with van der Waals surface area (Å²) >= 11 is 3.45. The van der Waals surface area contributed by atoms with Crippen LogP contribution in [-0.2, 0) is 13.6 Å². The van der Waals surface area contributed by atoms with E-state index in [-0.39, 0.29) is 18.2 Å². The molecular formula is C27H19BrF3N5O2. The Kier molecular flexibility index (Phi) is 6.85. The molecule has 0 unspecified atom stereocenters. The molecule has 0 aliphatic heterocycles. The van der Waals surface area contributed by atoms with E-state index in [1.807, 2.05) is 29.8 Å².